The summed E-state index contributed by atoms with van der Waals surface area (Å²) in [5, 5.41) is 0. The van der Waals surface area contributed by atoms with Crippen molar-refractivity contribution in [1.29, 1.82) is 0 Å². The van der Waals surface area contributed by atoms with Crippen LogP contribution in [-0.4, -0.2) is 23.0 Å². The molecule has 2 heterocycles. The van der Waals surface area contributed by atoms with Crippen molar-refractivity contribution in [1.82, 2.24) is 9.88 Å². The van der Waals surface area contributed by atoms with Crippen molar-refractivity contribution < 1.29 is 0 Å². The molecule has 1 saturated heterocycles. The summed E-state index contributed by atoms with van der Waals surface area (Å²) < 4.78 is 0. The molecule has 0 aliphatic carbocycles. The van der Waals surface area contributed by atoms with Gasteiger partial charge in [0.1, 0.15) is 0 Å². The highest BCUT2D eigenvalue weighted by atomic mass is 15.1. The third-order valence-electron chi connectivity index (χ3n) is 2.44. The quantitative estimate of drug-likeness (QED) is 0.677. The minimum Gasteiger partial charge on any atom is -0.299 e. The topological polar surface area (TPSA) is 16.1 Å². The van der Waals surface area contributed by atoms with Crippen LogP contribution in [0.5, 0.6) is 0 Å². The first-order valence-corrected chi connectivity index (χ1v) is 4.71. The molecule has 2 heteroatoms. The third kappa shape index (κ3) is 2.28. The first kappa shape index (κ1) is 8.70. The van der Waals surface area contributed by atoms with Crippen molar-refractivity contribution in [2.75, 3.05) is 13.1 Å². The van der Waals surface area contributed by atoms with Crippen molar-refractivity contribution in [3.05, 3.63) is 37.0 Å². The molecule has 1 aromatic heterocycles. The first-order chi connectivity index (χ1) is 6.34. The maximum absolute atomic E-state index is 5.82. The Kier molecular flexibility index (Phi) is 2.60. The van der Waals surface area contributed by atoms with Crippen LogP contribution in [0.2, 0.25) is 0 Å². The maximum Gasteiger partial charge on any atom is 0.0312 e. The molecule has 1 aromatic rings. The van der Waals surface area contributed by atoms with Crippen LogP contribution in [-0.2, 0) is 6.54 Å². The Morgan fingerprint density at radius 2 is 2.54 bits per heavy atom. The van der Waals surface area contributed by atoms with E-state index >= 15 is 0 Å². The summed E-state index contributed by atoms with van der Waals surface area (Å²) in [6, 6.07) is 4.09. The molecule has 0 bridgehead atoms. The summed E-state index contributed by atoms with van der Waals surface area (Å²) >= 11 is 0. The summed E-state index contributed by atoms with van der Waals surface area (Å²) in [4.78, 5) is 6.46. The highest BCUT2D eigenvalue weighted by molar-refractivity contribution is 5.08. The smallest absolute Gasteiger partial charge is 0.0312 e. The zero-order valence-corrected chi connectivity index (χ0v) is 7.69. The predicted octanol–water partition coefficient (Wildman–Crippen LogP) is 1.61. The molecule has 0 spiro atoms. The second-order valence-corrected chi connectivity index (χ2v) is 3.65. The van der Waals surface area contributed by atoms with E-state index in [0.29, 0.717) is 5.92 Å². The molecular weight excluding hydrogens is 160 g/mol. The van der Waals surface area contributed by atoms with E-state index in [1.54, 1.807) is 6.20 Å². The maximum atomic E-state index is 5.82. The Morgan fingerprint density at radius 1 is 1.62 bits per heavy atom. The number of nitrogens with zero attached hydrogens (tertiary/aromatic N) is 2. The van der Waals surface area contributed by atoms with E-state index in [-0.39, 0.29) is 0 Å². The van der Waals surface area contributed by atoms with Gasteiger partial charge in [-0.2, -0.15) is 0 Å². The van der Waals surface area contributed by atoms with Crippen LogP contribution in [0, 0.1) is 12.8 Å². The average Bonchev–Trinajstić information content (AvgIpc) is 2.53. The van der Waals surface area contributed by atoms with E-state index in [1.807, 2.05) is 12.3 Å². The Hall–Kier alpha value is -0.890. The van der Waals surface area contributed by atoms with Crippen LogP contribution in [0.1, 0.15) is 12.0 Å². The van der Waals surface area contributed by atoms with Gasteiger partial charge in [-0.25, -0.2) is 0 Å². The van der Waals surface area contributed by atoms with Gasteiger partial charge in [0, 0.05) is 25.5 Å². The molecule has 2 rings (SSSR count). The summed E-state index contributed by atoms with van der Waals surface area (Å²) in [6.45, 7) is 8.95. The van der Waals surface area contributed by atoms with Gasteiger partial charge in [0.05, 0.1) is 0 Å². The number of likely N-dealkylation sites (tertiary alicyclic amines) is 1. The monoisotopic (exact) mass is 174 g/mol. The molecule has 1 atom stereocenters. The highest BCUT2D eigenvalue weighted by Gasteiger charge is 2.18. The molecule has 1 aliphatic rings. The largest absolute Gasteiger partial charge is 0.299 e. The minimum absolute atomic E-state index is 0.372. The van der Waals surface area contributed by atoms with E-state index in [2.05, 4.69) is 16.0 Å². The van der Waals surface area contributed by atoms with Crippen LogP contribution in [0.25, 0.3) is 0 Å². The molecule has 1 unspecified atom stereocenters. The minimum atomic E-state index is 0.372. The summed E-state index contributed by atoms with van der Waals surface area (Å²) in [6.07, 6.45) is 4.85. The lowest BCUT2D eigenvalue weighted by molar-refractivity contribution is 0.323. The average molecular weight is 174 g/mol. The Bertz CT molecular complexity index is 258. The third-order valence-corrected chi connectivity index (χ3v) is 2.44. The van der Waals surface area contributed by atoms with Gasteiger partial charge in [0.15, 0.2) is 0 Å². The molecular formula is C11H14N2. The van der Waals surface area contributed by atoms with Gasteiger partial charge in [-0.1, -0.05) is 6.07 Å². The van der Waals surface area contributed by atoms with Gasteiger partial charge in [-0.3, -0.25) is 9.88 Å². The normalized spacial score (nSPS) is 23.6. The zero-order valence-electron chi connectivity index (χ0n) is 7.69. The van der Waals surface area contributed by atoms with E-state index in [9.17, 15) is 0 Å². The van der Waals surface area contributed by atoms with Crippen LogP contribution in [0.3, 0.4) is 0 Å². The van der Waals surface area contributed by atoms with Gasteiger partial charge in [0.25, 0.3) is 0 Å². The lowest BCUT2D eigenvalue weighted by Gasteiger charge is -2.14. The van der Waals surface area contributed by atoms with Crippen LogP contribution < -0.4 is 0 Å². The van der Waals surface area contributed by atoms with Gasteiger partial charge in [-0.15, -0.1) is 0 Å². The van der Waals surface area contributed by atoms with Crippen molar-refractivity contribution in [3.63, 3.8) is 0 Å². The van der Waals surface area contributed by atoms with E-state index in [4.69, 9.17) is 6.92 Å². The van der Waals surface area contributed by atoms with E-state index in [1.165, 1.54) is 5.56 Å². The molecule has 2 nitrogen and oxygen atoms in total. The zero-order chi connectivity index (χ0) is 9.10. The van der Waals surface area contributed by atoms with E-state index < -0.39 is 0 Å². The molecule has 68 valence electrons. The van der Waals surface area contributed by atoms with Crippen molar-refractivity contribution >= 4 is 0 Å². The van der Waals surface area contributed by atoms with Gasteiger partial charge in [-0.05, 0) is 37.4 Å². The lowest BCUT2D eigenvalue weighted by Crippen LogP contribution is -2.19. The van der Waals surface area contributed by atoms with Gasteiger partial charge >= 0.3 is 0 Å². The Balaban J connectivity index is 1.92. The molecule has 13 heavy (non-hydrogen) atoms. The first-order valence-electron chi connectivity index (χ1n) is 4.71. The van der Waals surface area contributed by atoms with Crippen LogP contribution in [0.4, 0.5) is 0 Å². The molecule has 2 radical (unpaired) electrons. The lowest BCUT2D eigenvalue weighted by atomic mass is 10.2. The summed E-state index contributed by atoms with van der Waals surface area (Å²) in [5.41, 5.74) is 1.27. The second-order valence-electron chi connectivity index (χ2n) is 3.65. The predicted molar refractivity (Wildman–Crippen MR) is 51.9 cm³/mol. The number of hydrogen-bond acceptors (Lipinski definition) is 2. The fraction of sp³-hybridized carbons (Fsp3) is 0.455. The fourth-order valence-electron chi connectivity index (χ4n) is 1.76. The summed E-state index contributed by atoms with van der Waals surface area (Å²) in [7, 11) is 0. The molecule has 0 N–H and O–H groups in total. The summed E-state index contributed by atoms with van der Waals surface area (Å²) in [5.74, 6) is 0.372. The van der Waals surface area contributed by atoms with E-state index in [0.717, 1.165) is 26.1 Å². The standard InChI is InChI=1S/C11H14N2/c1-10-4-6-13(8-10)9-11-3-2-5-12-7-11/h1-3,5,7,10H,4,6,8-9H2. The number of aromatic nitrogens is 1. The number of rotatable bonds is 2. The second kappa shape index (κ2) is 3.88. The Morgan fingerprint density at radius 3 is 3.15 bits per heavy atom. The molecule has 0 amide bonds. The molecule has 1 fully saturated rings. The molecule has 0 saturated carbocycles. The molecule has 0 aromatic carbocycles. The van der Waals surface area contributed by atoms with Crippen molar-refractivity contribution in [2.45, 2.75) is 13.0 Å². The van der Waals surface area contributed by atoms with Crippen molar-refractivity contribution in [3.8, 4) is 0 Å². The highest BCUT2D eigenvalue weighted by Crippen LogP contribution is 2.16. The van der Waals surface area contributed by atoms with Crippen LogP contribution >= 0.6 is 0 Å². The SMILES string of the molecule is [CH]C1CCN(Cc2cccnc2)C1. The van der Waals surface area contributed by atoms with Crippen molar-refractivity contribution in [2.24, 2.45) is 5.92 Å². The number of hydrogen-bond donors (Lipinski definition) is 0. The van der Waals surface area contributed by atoms with Gasteiger partial charge < -0.3 is 0 Å². The fourth-order valence-corrected chi connectivity index (χ4v) is 1.76. The number of pyridine rings is 1. The van der Waals surface area contributed by atoms with Gasteiger partial charge in [0.2, 0.25) is 0 Å². The Labute approximate surface area is 79.6 Å². The van der Waals surface area contributed by atoms with Crippen LogP contribution in [0.15, 0.2) is 24.5 Å². The molecule has 1 aliphatic heterocycles.